The van der Waals surface area contributed by atoms with Crippen molar-refractivity contribution >= 4 is 0 Å². The largest absolute Gasteiger partial charge is 0.494 e. The molecule has 104 valence electrons. The molecule has 1 aromatic carbocycles. The van der Waals surface area contributed by atoms with Gasteiger partial charge in [-0.2, -0.15) is 5.26 Å². The van der Waals surface area contributed by atoms with Gasteiger partial charge in [0.1, 0.15) is 11.5 Å². The van der Waals surface area contributed by atoms with Gasteiger partial charge in [0.25, 0.3) is 0 Å². The van der Waals surface area contributed by atoms with E-state index in [2.05, 4.69) is 6.07 Å². The van der Waals surface area contributed by atoms with Gasteiger partial charge in [0.15, 0.2) is 0 Å². The van der Waals surface area contributed by atoms with Crippen LogP contribution >= 0.6 is 0 Å². The Balaban J connectivity index is 2.12. The normalized spacial score (nSPS) is 24.1. The monoisotopic (exact) mass is 271 g/mol. The second kappa shape index (κ2) is 6.27. The molecular weight excluding hydrogens is 254 g/mol. The lowest BCUT2D eigenvalue weighted by molar-refractivity contribution is -0.124. The van der Waals surface area contributed by atoms with Crippen LogP contribution in [-0.4, -0.2) is 17.5 Å². The van der Waals surface area contributed by atoms with Crippen LogP contribution in [0, 0.1) is 17.2 Å². The van der Waals surface area contributed by atoms with Crippen LogP contribution in [0.2, 0.25) is 0 Å². The molecule has 1 aromatic rings. The van der Waals surface area contributed by atoms with E-state index in [1.165, 1.54) is 0 Å². The first-order chi connectivity index (χ1) is 9.68. The molecule has 0 heterocycles. The molecule has 2 rings (SSSR count). The standard InChI is InChI=1S/C16H17NO3/c1-2-19-14-6-8-15(9-7-14)20-16(18)11-4-3-5-13(16)10-12-17/h3-9,11,13,18H,2,10H2,1H3. The first kappa shape index (κ1) is 14.2. The van der Waals surface area contributed by atoms with Crippen LogP contribution in [0.1, 0.15) is 13.3 Å². The lowest BCUT2D eigenvalue weighted by Gasteiger charge is -2.32. The summed E-state index contributed by atoms with van der Waals surface area (Å²) in [5, 5.41) is 19.4. The Labute approximate surface area is 118 Å². The molecule has 20 heavy (non-hydrogen) atoms. The first-order valence-corrected chi connectivity index (χ1v) is 6.55. The second-order valence-electron chi connectivity index (χ2n) is 4.47. The summed E-state index contributed by atoms with van der Waals surface area (Å²) < 4.78 is 11.0. The van der Waals surface area contributed by atoms with Crippen molar-refractivity contribution in [1.29, 1.82) is 5.26 Å². The molecule has 0 radical (unpaired) electrons. The highest BCUT2D eigenvalue weighted by Gasteiger charge is 2.36. The van der Waals surface area contributed by atoms with E-state index in [0.717, 1.165) is 5.75 Å². The Bertz CT molecular complexity index is 542. The Morgan fingerprint density at radius 3 is 2.60 bits per heavy atom. The number of hydrogen-bond acceptors (Lipinski definition) is 4. The lowest BCUT2D eigenvalue weighted by Crippen LogP contribution is -2.42. The van der Waals surface area contributed by atoms with Crippen LogP contribution in [0.15, 0.2) is 48.6 Å². The van der Waals surface area contributed by atoms with E-state index in [1.807, 2.05) is 6.92 Å². The maximum absolute atomic E-state index is 10.5. The molecule has 0 amide bonds. The minimum absolute atomic E-state index is 0.189. The lowest BCUT2D eigenvalue weighted by atomic mass is 9.91. The minimum atomic E-state index is -1.49. The summed E-state index contributed by atoms with van der Waals surface area (Å²) in [6.07, 6.45) is 7.04. The fourth-order valence-electron chi connectivity index (χ4n) is 2.03. The van der Waals surface area contributed by atoms with Crippen LogP contribution in [0.4, 0.5) is 0 Å². The molecule has 1 N–H and O–H groups in total. The number of allylic oxidation sites excluding steroid dienone is 2. The summed E-state index contributed by atoms with van der Waals surface area (Å²) in [4.78, 5) is 0. The predicted molar refractivity (Wildman–Crippen MR) is 75.2 cm³/mol. The number of rotatable bonds is 5. The summed E-state index contributed by atoms with van der Waals surface area (Å²) in [6, 6.07) is 9.09. The summed E-state index contributed by atoms with van der Waals surface area (Å²) in [5.74, 6) is -0.597. The third kappa shape index (κ3) is 3.19. The fourth-order valence-corrected chi connectivity index (χ4v) is 2.03. The number of benzene rings is 1. The maximum atomic E-state index is 10.5. The number of ether oxygens (including phenoxy) is 2. The Hall–Kier alpha value is -2.25. The first-order valence-electron chi connectivity index (χ1n) is 6.55. The molecule has 0 fully saturated rings. The van der Waals surface area contributed by atoms with Gasteiger partial charge in [-0.25, -0.2) is 0 Å². The minimum Gasteiger partial charge on any atom is -0.494 e. The van der Waals surface area contributed by atoms with Gasteiger partial charge in [0.2, 0.25) is 5.79 Å². The molecule has 0 spiro atoms. The molecule has 0 aliphatic heterocycles. The molecule has 2 atom stereocenters. The van der Waals surface area contributed by atoms with Crippen molar-refractivity contribution in [3.8, 4) is 17.6 Å². The van der Waals surface area contributed by atoms with E-state index < -0.39 is 5.79 Å². The second-order valence-corrected chi connectivity index (χ2v) is 4.47. The van der Waals surface area contributed by atoms with Gasteiger partial charge < -0.3 is 14.6 Å². The van der Waals surface area contributed by atoms with E-state index in [9.17, 15) is 5.11 Å². The Morgan fingerprint density at radius 1 is 1.25 bits per heavy atom. The highest BCUT2D eigenvalue weighted by Crippen LogP contribution is 2.31. The van der Waals surface area contributed by atoms with Crippen LogP contribution in [0.25, 0.3) is 0 Å². The number of nitrogens with zero attached hydrogens (tertiary/aromatic N) is 1. The predicted octanol–water partition coefficient (Wildman–Crippen LogP) is 2.81. The highest BCUT2D eigenvalue weighted by atomic mass is 16.6. The molecule has 2 unspecified atom stereocenters. The van der Waals surface area contributed by atoms with Gasteiger partial charge in [-0.15, -0.1) is 0 Å². The Morgan fingerprint density at radius 2 is 1.95 bits per heavy atom. The van der Waals surface area contributed by atoms with Gasteiger partial charge in [0, 0.05) is 6.42 Å². The van der Waals surface area contributed by atoms with Crippen molar-refractivity contribution in [3.05, 3.63) is 48.6 Å². The number of aliphatic hydroxyl groups is 1. The zero-order valence-electron chi connectivity index (χ0n) is 11.3. The molecule has 1 aliphatic rings. The van der Waals surface area contributed by atoms with Crippen LogP contribution in [0.3, 0.4) is 0 Å². The maximum Gasteiger partial charge on any atom is 0.235 e. The van der Waals surface area contributed by atoms with Crippen LogP contribution < -0.4 is 9.47 Å². The van der Waals surface area contributed by atoms with Crippen LogP contribution in [-0.2, 0) is 0 Å². The van der Waals surface area contributed by atoms with E-state index in [1.54, 1.807) is 48.6 Å². The van der Waals surface area contributed by atoms with Crippen molar-refractivity contribution in [1.82, 2.24) is 0 Å². The van der Waals surface area contributed by atoms with Crippen molar-refractivity contribution < 1.29 is 14.6 Å². The fraction of sp³-hybridized carbons (Fsp3) is 0.312. The molecule has 0 saturated heterocycles. The van der Waals surface area contributed by atoms with Gasteiger partial charge in [0.05, 0.1) is 18.6 Å². The topological polar surface area (TPSA) is 62.5 Å². The summed E-state index contributed by atoms with van der Waals surface area (Å²) in [6.45, 7) is 2.51. The van der Waals surface area contributed by atoms with Crippen molar-refractivity contribution in [3.63, 3.8) is 0 Å². The van der Waals surface area contributed by atoms with Gasteiger partial charge >= 0.3 is 0 Å². The number of nitriles is 1. The Kier molecular flexibility index (Phi) is 4.44. The van der Waals surface area contributed by atoms with Gasteiger partial charge in [-0.1, -0.05) is 18.2 Å². The molecule has 0 aromatic heterocycles. The van der Waals surface area contributed by atoms with E-state index in [4.69, 9.17) is 14.7 Å². The third-order valence-corrected chi connectivity index (χ3v) is 3.05. The SMILES string of the molecule is CCOc1ccc(OC2(O)C=CC=CC2CC#N)cc1. The highest BCUT2D eigenvalue weighted by molar-refractivity contribution is 5.33. The van der Waals surface area contributed by atoms with Crippen molar-refractivity contribution in [2.24, 2.45) is 5.92 Å². The smallest absolute Gasteiger partial charge is 0.235 e. The molecule has 4 heteroatoms. The van der Waals surface area contributed by atoms with E-state index in [0.29, 0.717) is 12.4 Å². The van der Waals surface area contributed by atoms with E-state index >= 15 is 0 Å². The van der Waals surface area contributed by atoms with Gasteiger partial charge in [-0.05, 0) is 37.3 Å². The molecule has 0 bridgehead atoms. The van der Waals surface area contributed by atoms with E-state index in [-0.39, 0.29) is 12.3 Å². The number of hydrogen-bond donors (Lipinski definition) is 1. The van der Waals surface area contributed by atoms with Crippen molar-refractivity contribution in [2.45, 2.75) is 19.1 Å². The molecule has 0 saturated carbocycles. The molecular formula is C16H17NO3. The quantitative estimate of drug-likeness (QED) is 0.836. The summed E-state index contributed by atoms with van der Waals surface area (Å²) in [7, 11) is 0. The molecule has 4 nitrogen and oxygen atoms in total. The average molecular weight is 271 g/mol. The molecule has 1 aliphatic carbocycles. The van der Waals surface area contributed by atoms with Crippen molar-refractivity contribution in [2.75, 3.05) is 6.61 Å². The zero-order chi connectivity index (χ0) is 14.4. The zero-order valence-corrected chi connectivity index (χ0v) is 11.3. The summed E-state index contributed by atoms with van der Waals surface area (Å²) >= 11 is 0. The third-order valence-electron chi connectivity index (χ3n) is 3.05. The summed E-state index contributed by atoms with van der Waals surface area (Å²) in [5.41, 5.74) is 0. The van der Waals surface area contributed by atoms with Crippen LogP contribution in [0.5, 0.6) is 11.5 Å². The average Bonchev–Trinajstić information content (AvgIpc) is 2.44. The van der Waals surface area contributed by atoms with Gasteiger partial charge in [-0.3, -0.25) is 0 Å².